The number of hydrogen-bond acceptors (Lipinski definition) is 6. The van der Waals surface area contributed by atoms with Gasteiger partial charge in [-0.25, -0.2) is 10.4 Å². The van der Waals surface area contributed by atoms with E-state index in [0.717, 1.165) is 16.7 Å². The average molecular weight is 520 g/mol. The van der Waals surface area contributed by atoms with E-state index in [2.05, 4.69) is 17.4 Å². The van der Waals surface area contributed by atoms with Crippen LogP contribution in [0.15, 0.2) is 96.5 Å². The topological polar surface area (TPSA) is 92.2 Å². The van der Waals surface area contributed by atoms with Gasteiger partial charge in [0.1, 0.15) is 5.75 Å². The Morgan fingerprint density at radius 1 is 1.14 bits per heavy atom. The van der Waals surface area contributed by atoms with Gasteiger partial charge in [0.05, 0.1) is 6.61 Å². The average Bonchev–Trinajstić information content (AvgIpc) is 3.30. The molecule has 3 aromatic rings. The number of nitrogens with zero attached hydrogens (tertiary/aromatic N) is 1. The lowest BCUT2D eigenvalue weighted by molar-refractivity contribution is -0.129. The highest BCUT2D eigenvalue weighted by atomic mass is 35.5. The number of carbonyl (C=O) groups excluding carboxylic acids is 1. The maximum Gasteiger partial charge on any atom is 0.266 e. The monoisotopic (exact) mass is 519 g/mol. The van der Waals surface area contributed by atoms with Gasteiger partial charge in [-0.05, 0) is 47.5 Å². The third-order valence-electron chi connectivity index (χ3n) is 5.97. The number of aliphatic imine (C=N–C) groups is 1. The van der Waals surface area contributed by atoms with Crippen LogP contribution in [0.2, 0.25) is 5.02 Å². The number of benzene rings is 3. The van der Waals surface area contributed by atoms with E-state index in [1.165, 1.54) is 0 Å². The molecule has 0 radical (unpaired) electrons. The Labute approximate surface area is 221 Å². The number of nitrogens with one attached hydrogen (secondary N) is 2. The molecule has 0 bridgehead atoms. The van der Waals surface area contributed by atoms with Crippen molar-refractivity contribution in [2.75, 3.05) is 13.2 Å². The van der Waals surface area contributed by atoms with Crippen LogP contribution in [0.3, 0.4) is 0 Å². The Bertz CT molecular complexity index is 1230. The number of rotatable bonds is 12. The van der Waals surface area contributed by atoms with Crippen molar-refractivity contribution in [1.82, 2.24) is 10.9 Å². The van der Waals surface area contributed by atoms with Gasteiger partial charge in [0, 0.05) is 36.6 Å². The molecule has 1 aliphatic heterocycles. The van der Waals surface area contributed by atoms with Crippen LogP contribution in [0, 0.1) is 0 Å². The summed E-state index contributed by atoms with van der Waals surface area (Å²) < 4.78 is 12.0. The predicted octanol–water partition coefficient (Wildman–Crippen LogP) is 4.76. The normalized spacial score (nSPS) is 18.5. The smallest absolute Gasteiger partial charge is 0.266 e. The minimum Gasteiger partial charge on any atom is -0.494 e. The summed E-state index contributed by atoms with van der Waals surface area (Å²) in [4.78, 5) is 18.6. The second-order valence-corrected chi connectivity index (χ2v) is 9.07. The zero-order chi connectivity index (χ0) is 26.1. The molecule has 4 rings (SSSR count). The fourth-order valence-electron chi connectivity index (χ4n) is 4.14. The van der Waals surface area contributed by atoms with Crippen LogP contribution < -0.4 is 15.6 Å². The summed E-state index contributed by atoms with van der Waals surface area (Å²) in [5, 5.41) is 9.58. The van der Waals surface area contributed by atoms with Crippen molar-refractivity contribution >= 4 is 23.4 Å². The number of hydrogen-bond donors (Lipinski definition) is 3. The molecule has 3 aromatic carbocycles. The maximum atomic E-state index is 13.7. The van der Waals surface area contributed by atoms with Crippen molar-refractivity contribution in [2.24, 2.45) is 4.99 Å². The van der Waals surface area contributed by atoms with Gasteiger partial charge in [0.15, 0.2) is 11.6 Å². The van der Waals surface area contributed by atoms with E-state index in [1.54, 1.807) is 12.1 Å². The van der Waals surface area contributed by atoms with Gasteiger partial charge in [-0.2, -0.15) is 0 Å². The molecule has 0 spiro atoms. The zero-order valence-corrected chi connectivity index (χ0v) is 21.2. The molecule has 1 aliphatic rings. The van der Waals surface area contributed by atoms with Crippen molar-refractivity contribution in [3.63, 3.8) is 0 Å². The van der Waals surface area contributed by atoms with E-state index in [-0.39, 0.29) is 18.9 Å². The molecule has 0 fully saturated rings. The number of aliphatic hydroxyl groups is 1. The molecule has 7 nitrogen and oxygen atoms in total. The van der Waals surface area contributed by atoms with Crippen LogP contribution in [-0.2, 0) is 16.1 Å². The highest BCUT2D eigenvalue weighted by Crippen LogP contribution is 2.42. The summed E-state index contributed by atoms with van der Waals surface area (Å²) in [6.07, 6.45) is 1.85. The molecule has 0 aromatic heterocycles. The first-order chi connectivity index (χ1) is 18.1. The van der Waals surface area contributed by atoms with Gasteiger partial charge in [-0.1, -0.05) is 60.1 Å². The number of carbonyl (C=O) groups is 1. The van der Waals surface area contributed by atoms with E-state index < -0.39 is 11.6 Å². The standard InChI is InChI=1S/C29H30ClN3O4/c1-2-16-29(28(35)33-31-20-21-8-6-11-24(30)19-21)26(22-9-4-3-5-10-22)37-27(32-29)23-12-14-25(15-13-23)36-18-7-17-34/h2-6,8-15,19,26,31,34H,1,7,16-18,20H2,(H,33,35)/t26-,29-/m0/s1. The molecule has 192 valence electrons. The van der Waals surface area contributed by atoms with Gasteiger partial charge < -0.3 is 14.6 Å². The molecular weight excluding hydrogens is 490 g/mol. The lowest BCUT2D eigenvalue weighted by Gasteiger charge is -2.29. The molecule has 3 N–H and O–H groups in total. The van der Waals surface area contributed by atoms with E-state index in [1.807, 2.05) is 72.8 Å². The Hall–Kier alpha value is -3.65. The molecule has 2 atom stereocenters. The second-order valence-electron chi connectivity index (χ2n) is 8.63. The van der Waals surface area contributed by atoms with Gasteiger partial charge in [-0.3, -0.25) is 10.2 Å². The fraction of sp³-hybridized carbons (Fsp3) is 0.241. The summed E-state index contributed by atoms with van der Waals surface area (Å²) in [6.45, 7) is 4.78. The first-order valence-corrected chi connectivity index (χ1v) is 12.5. The Morgan fingerprint density at radius 2 is 1.92 bits per heavy atom. The molecule has 0 saturated heterocycles. The Kier molecular flexibility index (Phi) is 8.95. The number of halogens is 1. The number of ether oxygens (including phenoxy) is 2. The van der Waals surface area contributed by atoms with E-state index in [0.29, 0.717) is 36.2 Å². The van der Waals surface area contributed by atoms with Crippen LogP contribution in [-0.4, -0.2) is 35.7 Å². The summed E-state index contributed by atoms with van der Waals surface area (Å²) >= 11 is 6.08. The van der Waals surface area contributed by atoms with Crippen LogP contribution in [0.4, 0.5) is 0 Å². The first kappa shape index (κ1) is 26.4. The molecule has 8 heteroatoms. The number of aliphatic hydroxyl groups excluding tert-OH is 1. The largest absolute Gasteiger partial charge is 0.494 e. The molecule has 0 saturated carbocycles. The van der Waals surface area contributed by atoms with Crippen molar-refractivity contribution in [3.05, 3.63) is 113 Å². The summed E-state index contributed by atoms with van der Waals surface area (Å²) in [5.41, 5.74) is 7.03. The highest BCUT2D eigenvalue weighted by Gasteiger charge is 2.52. The zero-order valence-electron chi connectivity index (χ0n) is 20.4. The van der Waals surface area contributed by atoms with Gasteiger partial charge in [0.2, 0.25) is 5.90 Å². The maximum absolute atomic E-state index is 13.7. The third kappa shape index (κ3) is 6.38. The van der Waals surface area contributed by atoms with Crippen molar-refractivity contribution < 1.29 is 19.4 Å². The lowest BCUT2D eigenvalue weighted by Crippen LogP contribution is -2.52. The Morgan fingerprint density at radius 3 is 2.62 bits per heavy atom. The van der Waals surface area contributed by atoms with E-state index in [9.17, 15) is 4.79 Å². The lowest BCUT2D eigenvalue weighted by atomic mass is 9.84. The van der Waals surface area contributed by atoms with Crippen LogP contribution in [0.25, 0.3) is 0 Å². The number of hydrazine groups is 1. The van der Waals surface area contributed by atoms with Crippen molar-refractivity contribution in [3.8, 4) is 5.75 Å². The summed E-state index contributed by atoms with van der Waals surface area (Å²) in [5.74, 6) is 0.709. The van der Waals surface area contributed by atoms with Gasteiger partial charge in [0.25, 0.3) is 5.91 Å². The second kappa shape index (κ2) is 12.5. The molecule has 37 heavy (non-hydrogen) atoms. The molecule has 1 heterocycles. The molecule has 1 amide bonds. The van der Waals surface area contributed by atoms with Gasteiger partial charge in [-0.15, -0.1) is 6.58 Å². The predicted molar refractivity (Wildman–Crippen MR) is 144 cm³/mol. The summed E-state index contributed by atoms with van der Waals surface area (Å²) in [7, 11) is 0. The quantitative estimate of drug-likeness (QED) is 0.182. The van der Waals surface area contributed by atoms with Gasteiger partial charge >= 0.3 is 0 Å². The SMILES string of the molecule is C=CC[C@]1(C(=O)NNCc2cccc(Cl)c2)N=C(c2ccc(OCCCO)cc2)O[C@H]1c1ccccc1. The summed E-state index contributed by atoms with van der Waals surface area (Å²) in [6, 6.07) is 24.3. The Balaban J connectivity index is 1.59. The highest BCUT2D eigenvalue weighted by molar-refractivity contribution is 6.30. The molecule has 0 aliphatic carbocycles. The van der Waals surface area contributed by atoms with Crippen molar-refractivity contribution in [2.45, 2.75) is 31.0 Å². The van der Waals surface area contributed by atoms with E-state index >= 15 is 0 Å². The minimum atomic E-state index is -1.27. The number of amides is 1. The molecule has 0 unspecified atom stereocenters. The fourth-order valence-corrected chi connectivity index (χ4v) is 4.36. The van der Waals surface area contributed by atoms with E-state index in [4.69, 9.17) is 31.2 Å². The molecular formula is C29H30ClN3O4. The van der Waals surface area contributed by atoms with Crippen molar-refractivity contribution in [1.29, 1.82) is 0 Å². The van der Waals surface area contributed by atoms with Crippen LogP contribution in [0.1, 0.15) is 35.6 Å². The minimum absolute atomic E-state index is 0.0744. The van der Waals surface area contributed by atoms with Crippen LogP contribution >= 0.6 is 11.6 Å². The first-order valence-electron chi connectivity index (χ1n) is 12.1. The third-order valence-corrected chi connectivity index (χ3v) is 6.21. The van der Waals surface area contributed by atoms with Crippen LogP contribution in [0.5, 0.6) is 5.75 Å².